The molecule has 0 spiro atoms. The first kappa shape index (κ1) is 38.9. The van der Waals surface area contributed by atoms with Crippen LogP contribution in [0.1, 0.15) is 103 Å². The standard InChI is InChI=1S/C62H53BN2S/c1-59(2,3)34-23-26-36(27-24-34)65-49-31-40-37-17-11-14-20-44(37)61(7,8)46(40)30-43(49)54-53-39-19-12-15-21-45(39)62(9,10)56(53)55-42-29-35(60(4,5)6)25-28-48(42)64-50-32-41-38-18-13-16-22-51(38)66-52(41)33-47(50)63(65)57(54)58(55)64/h11-33H,1-10H3. The zero-order valence-electron chi connectivity index (χ0n) is 39.7. The summed E-state index contributed by atoms with van der Waals surface area (Å²) in [4.78, 5) is 2.76. The minimum absolute atomic E-state index is 0.0133. The topological polar surface area (TPSA) is 8.17 Å². The fraction of sp³-hybridized carbons (Fsp3) is 0.226. The van der Waals surface area contributed by atoms with Gasteiger partial charge in [0.1, 0.15) is 0 Å². The minimum atomic E-state index is -0.243. The van der Waals surface area contributed by atoms with E-state index in [9.17, 15) is 0 Å². The molecule has 0 saturated heterocycles. The van der Waals surface area contributed by atoms with E-state index in [0.717, 1.165) is 0 Å². The third-order valence-corrected chi connectivity index (χ3v) is 17.6. The fourth-order valence-corrected chi connectivity index (χ4v) is 14.3. The van der Waals surface area contributed by atoms with Crippen LogP contribution in [0.25, 0.3) is 81.0 Å². The van der Waals surface area contributed by atoms with E-state index in [-0.39, 0.29) is 28.5 Å². The van der Waals surface area contributed by atoms with Crippen molar-refractivity contribution in [3.8, 4) is 39.1 Å². The summed E-state index contributed by atoms with van der Waals surface area (Å²) in [5, 5.41) is 5.44. The molecule has 8 aromatic carbocycles. The Labute approximate surface area is 392 Å². The van der Waals surface area contributed by atoms with Crippen molar-refractivity contribution in [2.24, 2.45) is 0 Å². The van der Waals surface area contributed by atoms with E-state index in [0.29, 0.717) is 0 Å². The van der Waals surface area contributed by atoms with E-state index in [1.165, 1.54) is 137 Å². The van der Waals surface area contributed by atoms with Gasteiger partial charge in [-0.25, -0.2) is 0 Å². The van der Waals surface area contributed by atoms with Gasteiger partial charge in [0.15, 0.2) is 0 Å². The monoisotopic (exact) mass is 868 g/mol. The summed E-state index contributed by atoms with van der Waals surface area (Å²) in [5.74, 6) is 0. The molecule has 0 atom stereocenters. The number of nitrogens with zero attached hydrogens (tertiary/aromatic N) is 2. The van der Waals surface area contributed by atoms with E-state index >= 15 is 0 Å². The van der Waals surface area contributed by atoms with E-state index in [1.54, 1.807) is 0 Å². The van der Waals surface area contributed by atoms with Crippen molar-refractivity contribution in [2.45, 2.75) is 90.9 Å². The van der Waals surface area contributed by atoms with Crippen LogP contribution in [0.15, 0.2) is 140 Å². The van der Waals surface area contributed by atoms with Crippen LogP contribution in [-0.2, 0) is 21.7 Å². The van der Waals surface area contributed by atoms with Gasteiger partial charge in [-0.1, -0.05) is 154 Å². The lowest BCUT2D eigenvalue weighted by Crippen LogP contribution is -2.60. The molecule has 4 heteroatoms. The van der Waals surface area contributed by atoms with Gasteiger partial charge < -0.3 is 9.38 Å². The van der Waals surface area contributed by atoms with Crippen molar-refractivity contribution in [3.05, 3.63) is 173 Å². The van der Waals surface area contributed by atoms with Gasteiger partial charge in [0, 0.05) is 64.4 Å². The molecule has 66 heavy (non-hydrogen) atoms. The maximum Gasteiger partial charge on any atom is 0.333 e. The number of aromatic nitrogens is 1. The third kappa shape index (κ3) is 4.73. The van der Waals surface area contributed by atoms with Crippen LogP contribution in [0.3, 0.4) is 0 Å². The molecule has 0 fully saturated rings. The minimum Gasteiger partial charge on any atom is -0.376 e. The van der Waals surface area contributed by atoms with Gasteiger partial charge in [0.25, 0.3) is 0 Å². The average molecular weight is 869 g/mol. The number of hydrogen-bond donors (Lipinski definition) is 0. The van der Waals surface area contributed by atoms with E-state index in [4.69, 9.17) is 0 Å². The molecule has 2 nitrogen and oxygen atoms in total. The summed E-state index contributed by atoms with van der Waals surface area (Å²) in [6.45, 7) is 23.8. The molecule has 0 unspecified atom stereocenters. The predicted octanol–water partition coefficient (Wildman–Crippen LogP) is 15.6. The summed E-state index contributed by atoms with van der Waals surface area (Å²) < 4.78 is 5.39. The quantitative estimate of drug-likeness (QED) is 0.149. The molecule has 0 bridgehead atoms. The molecule has 4 aliphatic rings. The molecule has 2 aliphatic carbocycles. The highest BCUT2D eigenvalue weighted by Crippen LogP contribution is 2.61. The zero-order chi connectivity index (χ0) is 45.1. The van der Waals surface area contributed by atoms with Crippen LogP contribution >= 0.6 is 11.3 Å². The highest BCUT2D eigenvalue weighted by Gasteiger charge is 2.51. The molecule has 10 aromatic rings. The highest BCUT2D eigenvalue weighted by molar-refractivity contribution is 7.26. The van der Waals surface area contributed by atoms with Gasteiger partial charge in [0.05, 0.1) is 11.0 Å². The molecule has 0 N–H and O–H groups in total. The molecule has 320 valence electrons. The van der Waals surface area contributed by atoms with Crippen molar-refractivity contribution in [3.63, 3.8) is 0 Å². The smallest absolute Gasteiger partial charge is 0.333 e. The SMILES string of the molecule is CC(C)(C)c1ccc(N2B3c4cc5sc6ccccc6c5cc4-n4c5ccc(C(C)(C)C)cc5c5c6c(c(c3c54)-c3cc4c(cc32)-c2ccccc2C4(C)C)-c2ccccc2C6(C)C)cc1. The first-order chi connectivity index (χ1) is 31.5. The van der Waals surface area contributed by atoms with Gasteiger partial charge in [-0.3, -0.25) is 0 Å². The number of thiophene rings is 1. The summed E-state index contributed by atoms with van der Waals surface area (Å²) in [5.41, 5.74) is 25.5. The molecule has 2 aromatic heterocycles. The van der Waals surface area contributed by atoms with Gasteiger partial charge in [0.2, 0.25) is 0 Å². The van der Waals surface area contributed by atoms with E-state index < -0.39 is 0 Å². The Bertz CT molecular complexity index is 3840. The Kier molecular flexibility index (Phi) is 7.27. The zero-order valence-corrected chi connectivity index (χ0v) is 40.5. The molecular weight excluding hydrogens is 816 g/mol. The number of fused-ring (bicyclic) bond motifs is 19. The molecular formula is C62H53BN2S. The normalized spacial score (nSPS) is 15.9. The maximum absolute atomic E-state index is 2.76. The lowest BCUT2D eigenvalue weighted by Gasteiger charge is -2.43. The van der Waals surface area contributed by atoms with Gasteiger partial charge >= 0.3 is 6.85 Å². The lowest BCUT2D eigenvalue weighted by molar-refractivity contribution is 0.590. The first-order valence-electron chi connectivity index (χ1n) is 24.0. The molecule has 0 radical (unpaired) electrons. The van der Waals surface area contributed by atoms with Crippen LogP contribution in [0, 0.1) is 0 Å². The van der Waals surface area contributed by atoms with Crippen molar-refractivity contribution >= 4 is 82.5 Å². The second kappa shape index (κ2) is 12.3. The molecule has 2 aliphatic heterocycles. The Hall–Kier alpha value is -6.36. The van der Waals surface area contributed by atoms with Crippen molar-refractivity contribution in [1.82, 2.24) is 4.57 Å². The Morgan fingerprint density at radius 3 is 1.91 bits per heavy atom. The van der Waals surface area contributed by atoms with Crippen LogP contribution in [0.4, 0.5) is 11.4 Å². The molecule has 4 heterocycles. The number of rotatable bonds is 1. The Morgan fingerprint density at radius 2 is 1.17 bits per heavy atom. The van der Waals surface area contributed by atoms with Crippen molar-refractivity contribution in [1.29, 1.82) is 0 Å². The van der Waals surface area contributed by atoms with Gasteiger partial charge in [-0.15, -0.1) is 11.3 Å². The largest absolute Gasteiger partial charge is 0.376 e. The number of hydrogen-bond acceptors (Lipinski definition) is 2. The molecule has 0 amide bonds. The third-order valence-electron chi connectivity index (χ3n) is 16.4. The Balaban J connectivity index is 1.24. The maximum atomic E-state index is 2.76. The molecule has 14 rings (SSSR count). The van der Waals surface area contributed by atoms with Crippen LogP contribution < -0.4 is 15.7 Å². The van der Waals surface area contributed by atoms with Gasteiger partial charge in [-0.05, 0) is 138 Å². The van der Waals surface area contributed by atoms with E-state index in [1.807, 2.05) is 11.3 Å². The van der Waals surface area contributed by atoms with Crippen molar-refractivity contribution < 1.29 is 0 Å². The number of benzene rings is 8. The van der Waals surface area contributed by atoms with E-state index in [2.05, 4.69) is 218 Å². The van der Waals surface area contributed by atoms with Crippen LogP contribution in [0.5, 0.6) is 0 Å². The summed E-state index contributed by atoms with van der Waals surface area (Å²) in [7, 11) is 0. The highest BCUT2D eigenvalue weighted by atomic mass is 32.1. The lowest BCUT2D eigenvalue weighted by atomic mass is 9.43. The summed E-state index contributed by atoms with van der Waals surface area (Å²) in [6.07, 6.45) is 0. The van der Waals surface area contributed by atoms with Crippen LogP contribution in [-0.4, -0.2) is 11.4 Å². The summed E-state index contributed by atoms with van der Waals surface area (Å²) in [6, 6.07) is 55.0. The first-order valence-corrected chi connectivity index (χ1v) is 24.8. The Morgan fingerprint density at radius 1 is 0.500 bits per heavy atom. The molecule has 0 saturated carbocycles. The predicted molar refractivity (Wildman–Crippen MR) is 285 cm³/mol. The summed E-state index contributed by atoms with van der Waals surface area (Å²) >= 11 is 1.93. The second-order valence-corrected chi connectivity index (χ2v) is 24.0. The average Bonchev–Trinajstić information content (AvgIpc) is 3.97. The van der Waals surface area contributed by atoms with Crippen molar-refractivity contribution in [2.75, 3.05) is 4.81 Å². The fourth-order valence-electron chi connectivity index (χ4n) is 13.1. The van der Waals surface area contributed by atoms with Crippen LogP contribution in [0.2, 0.25) is 0 Å². The number of anilines is 2. The second-order valence-electron chi connectivity index (χ2n) is 22.9. The van der Waals surface area contributed by atoms with Gasteiger partial charge in [-0.2, -0.15) is 0 Å².